The molecule has 2 rings (SSSR count). The van der Waals surface area contributed by atoms with Crippen molar-refractivity contribution in [3.63, 3.8) is 0 Å². The molecule has 1 saturated carbocycles. The Labute approximate surface area is 111 Å². The van der Waals surface area contributed by atoms with Gasteiger partial charge >= 0.3 is 0 Å². The largest absolute Gasteiger partial charge is 0.326 e. The van der Waals surface area contributed by atoms with E-state index in [0.717, 1.165) is 31.6 Å². The molecule has 0 radical (unpaired) electrons. The number of carbonyl (C=O) groups is 1. The van der Waals surface area contributed by atoms with Gasteiger partial charge in [0.15, 0.2) is 0 Å². The maximum absolute atomic E-state index is 13.6. The summed E-state index contributed by atoms with van der Waals surface area (Å²) < 4.78 is 37.7. The lowest BCUT2D eigenvalue weighted by Gasteiger charge is -2.24. The van der Waals surface area contributed by atoms with E-state index in [2.05, 4.69) is 10.0 Å². The first-order valence-corrected chi connectivity index (χ1v) is 7.82. The van der Waals surface area contributed by atoms with Crippen molar-refractivity contribution in [3.05, 3.63) is 24.0 Å². The number of benzene rings is 1. The standard InChI is InChI=1S/C12H15FN2O3S/c1-19(17,18)15-11-6-5-9(7-10(11)13)14-12(16)8-3-2-4-8/h5-8,15H,2-4H2,1H3,(H,14,16). The van der Waals surface area contributed by atoms with Gasteiger partial charge in [0.1, 0.15) is 5.82 Å². The molecule has 1 aliphatic carbocycles. The van der Waals surface area contributed by atoms with Crippen molar-refractivity contribution in [1.82, 2.24) is 0 Å². The first-order chi connectivity index (χ1) is 8.85. The Bertz CT molecular complexity index is 597. The Hall–Kier alpha value is -1.63. The summed E-state index contributed by atoms with van der Waals surface area (Å²) in [6.45, 7) is 0. The highest BCUT2D eigenvalue weighted by molar-refractivity contribution is 7.92. The SMILES string of the molecule is CS(=O)(=O)Nc1ccc(NC(=O)C2CCC2)cc1F. The van der Waals surface area contributed by atoms with Crippen molar-refractivity contribution < 1.29 is 17.6 Å². The first-order valence-electron chi connectivity index (χ1n) is 5.93. The summed E-state index contributed by atoms with van der Waals surface area (Å²) in [6, 6.07) is 3.85. The molecular weight excluding hydrogens is 271 g/mol. The Balaban J connectivity index is 2.07. The van der Waals surface area contributed by atoms with E-state index >= 15 is 0 Å². The van der Waals surface area contributed by atoms with Crippen molar-refractivity contribution in [2.75, 3.05) is 16.3 Å². The zero-order valence-corrected chi connectivity index (χ0v) is 11.3. The van der Waals surface area contributed by atoms with Crippen LogP contribution in [0.15, 0.2) is 18.2 Å². The quantitative estimate of drug-likeness (QED) is 0.888. The van der Waals surface area contributed by atoms with Crippen LogP contribution in [-0.2, 0) is 14.8 Å². The molecule has 0 heterocycles. The van der Waals surface area contributed by atoms with Gasteiger partial charge in [-0.05, 0) is 31.0 Å². The molecule has 19 heavy (non-hydrogen) atoms. The Morgan fingerprint density at radius 2 is 2.05 bits per heavy atom. The summed E-state index contributed by atoms with van der Waals surface area (Å²) in [5.41, 5.74) is 0.192. The van der Waals surface area contributed by atoms with Crippen LogP contribution in [0.5, 0.6) is 0 Å². The fourth-order valence-electron chi connectivity index (χ4n) is 1.79. The monoisotopic (exact) mass is 286 g/mol. The van der Waals surface area contributed by atoms with Crippen molar-refractivity contribution in [2.45, 2.75) is 19.3 Å². The van der Waals surface area contributed by atoms with Gasteiger partial charge in [-0.2, -0.15) is 0 Å². The minimum Gasteiger partial charge on any atom is -0.326 e. The van der Waals surface area contributed by atoms with E-state index in [0.29, 0.717) is 5.69 Å². The van der Waals surface area contributed by atoms with Crippen LogP contribution in [0.25, 0.3) is 0 Å². The molecule has 1 amide bonds. The molecule has 1 aliphatic rings. The zero-order chi connectivity index (χ0) is 14.0. The number of carbonyl (C=O) groups excluding carboxylic acids is 1. The molecule has 2 N–H and O–H groups in total. The van der Waals surface area contributed by atoms with Gasteiger partial charge < -0.3 is 5.32 Å². The molecule has 0 spiro atoms. The van der Waals surface area contributed by atoms with Gasteiger partial charge in [-0.15, -0.1) is 0 Å². The number of anilines is 2. The van der Waals surface area contributed by atoms with Gasteiger partial charge in [0.05, 0.1) is 11.9 Å². The van der Waals surface area contributed by atoms with Crippen LogP contribution in [0, 0.1) is 11.7 Å². The summed E-state index contributed by atoms with van der Waals surface area (Å²) in [6.07, 6.45) is 3.71. The lowest BCUT2D eigenvalue weighted by atomic mass is 9.85. The Kier molecular flexibility index (Phi) is 3.75. The number of rotatable bonds is 4. The van der Waals surface area contributed by atoms with E-state index in [4.69, 9.17) is 0 Å². The molecule has 1 aromatic rings. The van der Waals surface area contributed by atoms with E-state index in [1.807, 2.05) is 0 Å². The van der Waals surface area contributed by atoms with Gasteiger partial charge in [0.2, 0.25) is 15.9 Å². The molecule has 0 unspecified atom stereocenters. The van der Waals surface area contributed by atoms with Gasteiger partial charge in [0, 0.05) is 11.6 Å². The Morgan fingerprint density at radius 3 is 2.53 bits per heavy atom. The van der Waals surface area contributed by atoms with E-state index in [1.165, 1.54) is 12.1 Å². The number of sulfonamides is 1. The third-order valence-corrected chi connectivity index (χ3v) is 3.60. The number of hydrogen-bond acceptors (Lipinski definition) is 3. The normalized spacial score (nSPS) is 15.7. The van der Waals surface area contributed by atoms with E-state index in [1.54, 1.807) is 0 Å². The summed E-state index contributed by atoms with van der Waals surface area (Å²) in [4.78, 5) is 11.7. The second kappa shape index (κ2) is 5.16. The lowest BCUT2D eigenvalue weighted by Crippen LogP contribution is -2.28. The van der Waals surface area contributed by atoms with Gasteiger partial charge in [0.25, 0.3) is 0 Å². The van der Waals surface area contributed by atoms with Gasteiger partial charge in [-0.3, -0.25) is 9.52 Å². The van der Waals surface area contributed by atoms with E-state index < -0.39 is 15.8 Å². The molecule has 5 nitrogen and oxygen atoms in total. The van der Waals surface area contributed by atoms with Crippen molar-refractivity contribution in [1.29, 1.82) is 0 Å². The molecule has 0 aliphatic heterocycles. The average molecular weight is 286 g/mol. The highest BCUT2D eigenvalue weighted by atomic mass is 32.2. The molecule has 104 valence electrons. The van der Waals surface area contributed by atoms with Crippen LogP contribution < -0.4 is 10.0 Å². The number of amides is 1. The van der Waals surface area contributed by atoms with Crippen molar-refractivity contribution in [3.8, 4) is 0 Å². The lowest BCUT2D eigenvalue weighted by molar-refractivity contribution is -0.122. The minimum absolute atomic E-state index is 0.0110. The van der Waals surface area contributed by atoms with Gasteiger partial charge in [-0.1, -0.05) is 6.42 Å². The fourth-order valence-corrected chi connectivity index (χ4v) is 2.36. The molecule has 1 fully saturated rings. The highest BCUT2D eigenvalue weighted by Gasteiger charge is 2.25. The topological polar surface area (TPSA) is 75.3 Å². The summed E-state index contributed by atoms with van der Waals surface area (Å²) >= 11 is 0. The third kappa shape index (κ3) is 3.66. The van der Waals surface area contributed by atoms with E-state index in [-0.39, 0.29) is 17.5 Å². The molecule has 0 saturated heterocycles. The molecule has 0 bridgehead atoms. The molecule has 0 atom stereocenters. The highest BCUT2D eigenvalue weighted by Crippen LogP contribution is 2.28. The third-order valence-electron chi connectivity index (χ3n) is 3.01. The zero-order valence-electron chi connectivity index (χ0n) is 10.4. The minimum atomic E-state index is -3.52. The maximum atomic E-state index is 13.6. The second-order valence-electron chi connectivity index (χ2n) is 4.69. The molecular formula is C12H15FN2O3S. The summed E-state index contributed by atoms with van der Waals surface area (Å²) in [7, 11) is -3.52. The van der Waals surface area contributed by atoms with Crippen molar-refractivity contribution >= 4 is 27.3 Å². The summed E-state index contributed by atoms with van der Waals surface area (Å²) in [5.74, 6) is -0.830. The Morgan fingerprint density at radius 1 is 1.37 bits per heavy atom. The smallest absolute Gasteiger partial charge is 0.229 e. The van der Waals surface area contributed by atoms with Crippen LogP contribution in [0.3, 0.4) is 0 Å². The predicted octanol–water partition coefficient (Wildman–Crippen LogP) is 1.94. The van der Waals surface area contributed by atoms with E-state index in [9.17, 15) is 17.6 Å². The maximum Gasteiger partial charge on any atom is 0.229 e. The van der Waals surface area contributed by atoms with Crippen LogP contribution in [0.2, 0.25) is 0 Å². The van der Waals surface area contributed by atoms with Crippen LogP contribution >= 0.6 is 0 Å². The van der Waals surface area contributed by atoms with Crippen molar-refractivity contribution in [2.24, 2.45) is 5.92 Å². The fraction of sp³-hybridized carbons (Fsp3) is 0.417. The molecule has 0 aromatic heterocycles. The molecule has 1 aromatic carbocycles. The number of hydrogen-bond donors (Lipinski definition) is 2. The first kappa shape index (κ1) is 13.8. The number of nitrogens with one attached hydrogen (secondary N) is 2. The van der Waals surface area contributed by atoms with Crippen LogP contribution in [0.4, 0.5) is 15.8 Å². The summed E-state index contributed by atoms with van der Waals surface area (Å²) in [5, 5.41) is 2.62. The molecule has 7 heteroatoms. The van der Waals surface area contributed by atoms with Crippen LogP contribution in [-0.4, -0.2) is 20.6 Å². The second-order valence-corrected chi connectivity index (χ2v) is 6.43. The predicted molar refractivity (Wildman–Crippen MR) is 70.8 cm³/mol. The van der Waals surface area contributed by atoms with Gasteiger partial charge in [-0.25, -0.2) is 12.8 Å². The number of halogens is 1. The average Bonchev–Trinajstić information content (AvgIpc) is 2.17. The van der Waals surface area contributed by atoms with Crippen LogP contribution in [0.1, 0.15) is 19.3 Å².